The second-order valence-corrected chi connectivity index (χ2v) is 4.07. The van der Waals surface area contributed by atoms with Crippen LogP contribution in [0.1, 0.15) is 11.3 Å². The summed E-state index contributed by atoms with van der Waals surface area (Å²) in [5, 5.41) is 11.4. The first kappa shape index (κ1) is 12.9. The summed E-state index contributed by atoms with van der Waals surface area (Å²) in [6.07, 6.45) is 1.66. The van der Waals surface area contributed by atoms with Crippen molar-refractivity contribution in [1.82, 2.24) is 0 Å². The topological polar surface area (TPSA) is 79.5 Å². The summed E-state index contributed by atoms with van der Waals surface area (Å²) in [5.74, 6) is -0.462. The van der Waals surface area contributed by atoms with Crippen LogP contribution in [-0.2, 0) is 22.4 Å². The van der Waals surface area contributed by atoms with Crippen molar-refractivity contribution in [1.29, 1.82) is 0 Å². The van der Waals surface area contributed by atoms with Crippen molar-refractivity contribution in [3.63, 3.8) is 0 Å². The van der Waals surface area contributed by atoms with Crippen LogP contribution in [0.15, 0.2) is 47.1 Å². The van der Waals surface area contributed by atoms with Crippen molar-refractivity contribution in [3.8, 4) is 0 Å². The average Bonchev–Trinajstić information content (AvgIpc) is 2.83. The normalized spacial score (nSPS) is 10.1. The molecule has 5 heteroatoms. The van der Waals surface area contributed by atoms with Crippen LogP contribution >= 0.6 is 0 Å². The van der Waals surface area contributed by atoms with E-state index in [1.54, 1.807) is 36.4 Å². The Balaban J connectivity index is 1.92. The fraction of sp³-hybridized carbons (Fsp3) is 0.143. The average molecular weight is 259 g/mol. The second kappa shape index (κ2) is 5.86. The van der Waals surface area contributed by atoms with Crippen molar-refractivity contribution in [2.24, 2.45) is 0 Å². The number of hydrogen-bond donors (Lipinski definition) is 2. The molecule has 0 unspecified atom stereocenters. The fourth-order valence-corrected chi connectivity index (χ4v) is 1.66. The lowest BCUT2D eigenvalue weighted by Crippen LogP contribution is -2.14. The number of furan rings is 1. The van der Waals surface area contributed by atoms with Gasteiger partial charge in [0.2, 0.25) is 5.91 Å². The van der Waals surface area contributed by atoms with Gasteiger partial charge in [-0.25, -0.2) is 0 Å². The number of carbonyl (C=O) groups excluding carboxylic acids is 1. The first-order valence-electron chi connectivity index (χ1n) is 5.76. The lowest BCUT2D eigenvalue weighted by molar-refractivity contribution is -0.136. The molecule has 0 aliphatic heterocycles. The predicted molar refractivity (Wildman–Crippen MR) is 68.8 cm³/mol. The number of nitrogens with one attached hydrogen (secondary N) is 1. The number of hydrogen-bond acceptors (Lipinski definition) is 3. The van der Waals surface area contributed by atoms with E-state index in [9.17, 15) is 9.59 Å². The van der Waals surface area contributed by atoms with Gasteiger partial charge in [0.05, 0.1) is 19.1 Å². The van der Waals surface area contributed by atoms with Gasteiger partial charge in [0.1, 0.15) is 5.76 Å². The van der Waals surface area contributed by atoms with E-state index in [4.69, 9.17) is 9.52 Å². The molecule has 98 valence electrons. The largest absolute Gasteiger partial charge is 0.481 e. The van der Waals surface area contributed by atoms with E-state index < -0.39 is 5.97 Å². The molecule has 1 aromatic carbocycles. The van der Waals surface area contributed by atoms with Crippen LogP contribution in [-0.4, -0.2) is 17.0 Å². The Morgan fingerprint density at radius 1 is 1.11 bits per heavy atom. The van der Waals surface area contributed by atoms with Crippen LogP contribution in [0.25, 0.3) is 0 Å². The predicted octanol–water partition coefficient (Wildman–Crippen LogP) is 2.09. The maximum atomic E-state index is 11.7. The molecule has 0 saturated heterocycles. The summed E-state index contributed by atoms with van der Waals surface area (Å²) in [6.45, 7) is 0. The van der Waals surface area contributed by atoms with Crippen molar-refractivity contribution in [2.45, 2.75) is 12.8 Å². The van der Waals surface area contributed by atoms with Crippen molar-refractivity contribution in [3.05, 3.63) is 54.0 Å². The highest BCUT2D eigenvalue weighted by atomic mass is 16.4. The molecule has 0 saturated carbocycles. The van der Waals surface area contributed by atoms with Crippen molar-refractivity contribution >= 4 is 17.6 Å². The molecular weight excluding hydrogens is 246 g/mol. The summed E-state index contributed by atoms with van der Waals surface area (Å²) < 4.78 is 5.08. The minimum Gasteiger partial charge on any atom is -0.481 e. The third-order valence-electron chi connectivity index (χ3n) is 2.51. The van der Waals surface area contributed by atoms with Gasteiger partial charge in [0.25, 0.3) is 0 Å². The van der Waals surface area contributed by atoms with Gasteiger partial charge >= 0.3 is 5.97 Å². The molecule has 0 spiro atoms. The number of benzene rings is 1. The molecule has 1 aromatic heterocycles. The second-order valence-electron chi connectivity index (χ2n) is 4.07. The Kier molecular flexibility index (Phi) is 3.97. The van der Waals surface area contributed by atoms with Gasteiger partial charge in [0, 0.05) is 5.69 Å². The maximum absolute atomic E-state index is 11.7. The van der Waals surface area contributed by atoms with Gasteiger partial charge in [-0.3, -0.25) is 9.59 Å². The molecule has 5 nitrogen and oxygen atoms in total. The fourth-order valence-electron chi connectivity index (χ4n) is 1.66. The van der Waals surface area contributed by atoms with E-state index in [-0.39, 0.29) is 18.7 Å². The summed E-state index contributed by atoms with van der Waals surface area (Å²) in [4.78, 5) is 22.2. The van der Waals surface area contributed by atoms with Gasteiger partial charge in [-0.15, -0.1) is 0 Å². The lowest BCUT2D eigenvalue weighted by atomic mass is 10.1. The van der Waals surface area contributed by atoms with Crippen LogP contribution in [0.2, 0.25) is 0 Å². The number of anilines is 1. The van der Waals surface area contributed by atoms with Crippen molar-refractivity contribution < 1.29 is 19.1 Å². The number of amides is 1. The van der Waals surface area contributed by atoms with Crippen LogP contribution in [0, 0.1) is 0 Å². The number of carboxylic acid groups (broad SMARTS) is 1. The number of rotatable bonds is 5. The van der Waals surface area contributed by atoms with Gasteiger partial charge in [-0.05, 0) is 29.8 Å². The first-order chi connectivity index (χ1) is 9.13. The van der Waals surface area contributed by atoms with E-state index in [1.807, 2.05) is 0 Å². The van der Waals surface area contributed by atoms with Crippen LogP contribution in [0.4, 0.5) is 5.69 Å². The Hall–Kier alpha value is -2.56. The molecule has 0 aliphatic carbocycles. The molecule has 0 fully saturated rings. The van der Waals surface area contributed by atoms with E-state index in [0.717, 1.165) is 0 Å². The molecule has 1 heterocycles. The third-order valence-corrected chi connectivity index (χ3v) is 2.51. The number of carbonyl (C=O) groups is 2. The SMILES string of the molecule is O=C(O)Cc1ccc(NC(=O)Cc2ccco2)cc1. The molecular formula is C14H13NO4. The van der Waals surface area contributed by atoms with E-state index in [0.29, 0.717) is 17.0 Å². The Bertz CT molecular complexity index is 558. The Labute approximate surface area is 109 Å². The minimum absolute atomic E-state index is 0.0272. The standard InChI is InChI=1S/C14H13NO4/c16-13(9-12-2-1-7-19-12)15-11-5-3-10(4-6-11)8-14(17)18/h1-7H,8-9H2,(H,15,16)(H,17,18). The highest BCUT2D eigenvalue weighted by Gasteiger charge is 2.06. The lowest BCUT2D eigenvalue weighted by Gasteiger charge is -2.05. The summed E-state index contributed by atoms with van der Waals surface area (Å²) >= 11 is 0. The van der Waals surface area contributed by atoms with E-state index >= 15 is 0 Å². The Morgan fingerprint density at radius 2 is 1.84 bits per heavy atom. The first-order valence-corrected chi connectivity index (χ1v) is 5.76. The van der Waals surface area contributed by atoms with Gasteiger partial charge in [0.15, 0.2) is 0 Å². The number of aliphatic carboxylic acids is 1. The van der Waals surface area contributed by atoms with Crippen molar-refractivity contribution in [2.75, 3.05) is 5.32 Å². The zero-order valence-corrected chi connectivity index (χ0v) is 10.1. The molecule has 0 aliphatic rings. The molecule has 2 N–H and O–H groups in total. The molecule has 19 heavy (non-hydrogen) atoms. The summed E-state index contributed by atoms with van der Waals surface area (Å²) in [6, 6.07) is 10.2. The van der Waals surface area contributed by atoms with Gasteiger partial charge in [-0.2, -0.15) is 0 Å². The molecule has 2 rings (SSSR count). The van der Waals surface area contributed by atoms with Crippen LogP contribution < -0.4 is 5.32 Å². The van der Waals surface area contributed by atoms with Gasteiger partial charge < -0.3 is 14.8 Å². The highest BCUT2D eigenvalue weighted by Crippen LogP contribution is 2.11. The minimum atomic E-state index is -0.880. The summed E-state index contributed by atoms with van der Waals surface area (Å²) in [5.41, 5.74) is 1.32. The maximum Gasteiger partial charge on any atom is 0.307 e. The molecule has 0 radical (unpaired) electrons. The molecule has 1 amide bonds. The van der Waals surface area contributed by atoms with Gasteiger partial charge in [-0.1, -0.05) is 12.1 Å². The molecule has 0 atom stereocenters. The molecule has 2 aromatic rings. The Morgan fingerprint density at radius 3 is 2.42 bits per heavy atom. The van der Waals surface area contributed by atoms with E-state index in [2.05, 4.69) is 5.32 Å². The monoisotopic (exact) mass is 259 g/mol. The molecule has 0 bridgehead atoms. The quantitative estimate of drug-likeness (QED) is 0.861. The third kappa shape index (κ3) is 3.99. The highest BCUT2D eigenvalue weighted by molar-refractivity contribution is 5.91. The summed E-state index contributed by atoms with van der Waals surface area (Å²) in [7, 11) is 0. The zero-order valence-electron chi connectivity index (χ0n) is 10.1. The van der Waals surface area contributed by atoms with E-state index in [1.165, 1.54) is 6.26 Å². The van der Waals surface area contributed by atoms with Crippen LogP contribution in [0.3, 0.4) is 0 Å². The number of carboxylic acids is 1. The smallest absolute Gasteiger partial charge is 0.307 e. The zero-order chi connectivity index (χ0) is 13.7. The van der Waals surface area contributed by atoms with Crippen LogP contribution in [0.5, 0.6) is 0 Å².